The number of rotatable bonds is 4. The number of hydrogen-bond acceptors (Lipinski definition) is 6. The Morgan fingerprint density at radius 1 is 1.11 bits per heavy atom. The van der Waals surface area contributed by atoms with Gasteiger partial charge in [0.05, 0.1) is 24.8 Å². The van der Waals surface area contributed by atoms with Crippen LogP contribution in [-0.2, 0) is 4.79 Å². The number of thioether (sulfide) groups is 1. The zero-order valence-corrected chi connectivity index (χ0v) is 16.3. The highest BCUT2D eigenvalue weighted by atomic mass is 32.2. The van der Waals surface area contributed by atoms with Crippen LogP contribution in [0.3, 0.4) is 0 Å². The smallest absolute Gasteiger partial charge is 0.264 e. The lowest BCUT2D eigenvalue weighted by molar-refractivity contribution is -0.115. The Balaban J connectivity index is 1.90. The third kappa shape index (κ3) is 4.09. The van der Waals surface area contributed by atoms with E-state index in [1.807, 2.05) is 32.0 Å². The number of amidine groups is 1. The number of benzene rings is 2. The molecule has 1 heterocycles. The summed E-state index contributed by atoms with van der Waals surface area (Å²) in [5, 5.41) is 13.3. The third-order valence-corrected chi connectivity index (χ3v) is 4.93. The van der Waals surface area contributed by atoms with E-state index < -0.39 is 0 Å². The van der Waals surface area contributed by atoms with Crippen LogP contribution in [0, 0.1) is 13.8 Å². The maximum absolute atomic E-state index is 12.3. The number of phenols is 1. The number of hydrogen-bond donors (Lipinski definition) is 2. The Hall–Kier alpha value is -2.93. The zero-order chi connectivity index (χ0) is 19.6. The van der Waals surface area contributed by atoms with Gasteiger partial charge < -0.3 is 19.9 Å². The molecule has 0 aliphatic carbocycles. The summed E-state index contributed by atoms with van der Waals surface area (Å²) in [6.07, 6.45) is 1.70. The second-order valence-corrected chi connectivity index (χ2v) is 7.08. The van der Waals surface area contributed by atoms with E-state index in [1.54, 1.807) is 18.2 Å². The molecule has 27 heavy (non-hydrogen) atoms. The van der Waals surface area contributed by atoms with E-state index >= 15 is 0 Å². The number of nitrogens with zero attached hydrogens (tertiary/aromatic N) is 1. The maximum atomic E-state index is 12.3. The van der Waals surface area contributed by atoms with E-state index in [0.717, 1.165) is 16.8 Å². The van der Waals surface area contributed by atoms with Gasteiger partial charge in [-0.2, -0.15) is 0 Å². The molecule has 0 radical (unpaired) electrons. The molecular formula is C20H20N2O4S. The normalized spacial score (nSPS) is 16.7. The van der Waals surface area contributed by atoms with Crippen LogP contribution >= 0.6 is 11.8 Å². The second-order valence-electron chi connectivity index (χ2n) is 6.05. The molecule has 1 aliphatic heterocycles. The van der Waals surface area contributed by atoms with Crippen LogP contribution in [0.15, 0.2) is 40.2 Å². The predicted octanol–water partition coefficient (Wildman–Crippen LogP) is 3.92. The van der Waals surface area contributed by atoms with Crippen LogP contribution in [0.5, 0.6) is 17.2 Å². The van der Waals surface area contributed by atoms with Gasteiger partial charge in [-0.15, -0.1) is 0 Å². The van der Waals surface area contributed by atoms with E-state index in [2.05, 4.69) is 10.3 Å². The highest BCUT2D eigenvalue weighted by Gasteiger charge is 2.24. The van der Waals surface area contributed by atoms with Gasteiger partial charge >= 0.3 is 0 Å². The Morgan fingerprint density at radius 3 is 2.37 bits per heavy atom. The number of ether oxygens (including phenoxy) is 2. The number of aliphatic imine (C=N–C) groups is 1. The van der Waals surface area contributed by atoms with Crippen molar-refractivity contribution >= 4 is 34.6 Å². The first kappa shape index (κ1) is 18.8. The van der Waals surface area contributed by atoms with Crippen LogP contribution in [0.25, 0.3) is 6.08 Å². The fourth-order valence-electron chi connectivity index (χ4n) is 2.67. The third-order valence-electron chi connectivity index (χ3n) is 4.03. The van der Waals surface area contributed by atoms with E-state index in [1.165, 1.54) is 26.0 Å². The summed E-state index contributed by atoms with van der Waals surface area (Å²) in [7, 11) is 2.91. The lowest BCUT2D eigenvalue weighted by atomic mass is 10.1. The molecule has 6 nitrogen and oxygen atoms in total. The van der Waals surface area contributed by atoms with Gasteiger partial charge in [-0.3, -0.25) is 4.79 Å². The number of carbonyl (C=O) groups excluding carboxylic acids is 1. The molecule has 2 aromatic rings. The minimum absolute atomic E-state index is 0.0808. The molecular weight excluding hydrogens is 364 g/mol. The minimum Gasteiger partial charge on any atom is -0.502 e. The van der Waals surface area contributed by atoms with Gasteiger partial charge in [-0.05, 0) is 61.0 Å². The maximum Gasteiger partial charge on any atom is 0.264 e. The SMILES string of the molecule is COc1cc(C=C2SC(=Nc3ccc(C)cc3C)NC2=O)cc(OC)c1O. The first-order valence-corrected chi connectivity index (χ1v) is 9.04. The highest BCUT2D eigenvalue weighted by molar-refractivity contribution is 8.18. The van der Waals surface area contributed by atoms with Gasteiger partial charge in [-0.1, -0.05) is 17.7 Å². The molecule has 1 aliphatic rings. The summed E-state index contributed by atoms with van der Waals surface area (Å²) in [5.74, 6) is 0.236. The molecule has 2 N–H and O–H groups in total. The zero-order valence-electron chi connectivity index (χ0n) is 15.5. The average molecular weight is 384 g/mol. The summed E-state index contributed by atoms with van der Waals surface area (Å²) >= 11 is 1.26. The van der Waals surface area contributed by atoms with Crippen LogP contribution in [0.1, 0.15) is 16.7 Å². The van der Waals surface area contributed by atoms with Gasteiger partial charge in [0, 0.05) is 0 Å². The first-order chi connectivity index (χ1) is 12.9. The standard InChI is InChI=1S/C20H20N2O4S/c1-11-5-6-14(12(2)7-11)21-20-22-19(24)17(27-20)10-13-8-15(25-3)18(23)16(9-13)26-4/h5-10,23H,1-4H3,(H,21,22,24). The number of carbonyl (C=O) groups is 1. The largest absolute Gasteiger partial charge is 0.502 e. The fraction of sp³-hybridized carbons (Fsp3) is 0.200. The summed E-state index contributed by atoms with van der Waals surface area (Å²) < 4.78 is 10.3. The van der Waals surface area contributed by atoms with Crippen molar-refractivity contribution in [2.45, 2.75) is 13.8 Å². The lowest BCUT2D eigenvalue weighted by Gasteiger charge is -2.09. The number of amides is 1. The molecule has 1 amide bonds. The summed E-state index contributed by atoms with van der Waals surface area (Å²) in [6.45, 7) is 4.01. The van der Waals surface area contributed by atoms with Crippen molar-refractivity contribution in [3.05, 3.63) is 51.9 Å². The minimum atomic E-state index is -0.227. The topological polar surface area (TPSA) is 80.2 Å². The van der Waals surface area contributed by atoms with Gasteiger partial charge in [0.15, 0.2) is 16.7 Å². The van der Waals surface area contributed by atoms with Gasteiger partial charge in [0.1, 0.15) is 0 Å². The fourth-order valence-corrected chi connectivity index (χ4v) is 3.50. The summed E-state index contributed by atoms with van der Waals surface area (Å²) in [4.78, 5) is 17.3. The monoisotopic (exact) mass is 384 g/mol. The van der Waals surface area contributed by atoms with Crippen molar-refractivity contribution in [1.29, 1.82) is 0 Å². The molecule has 0 atom stereocenters. The van der Waals surface area contributed by atoms with E-state index in [-0.39, 0.29) is 23.2 Å². The molecule has 7 heteroatoms. The number of aromatic hydroxyl groups is 1. The van der Waals surface area contributed by atoms with E-state index in [9.17, 15) is 9.90 Å². The first-order valence-electron chi connectivity index (χ1n) is 8.23. The second kappa shape index (κ2) is 7.75. The quantitative estimate of drug-likeness (QED) is 0.781. The Bertz CT molecular complexity index is 941. The summed E-state index contributed by atoms with van der Waals surface area (Å²) in [6, 6.07) is 9.24. The van der Waals surface area contributed by atoms with E-state index in [4.69, 9.17) is 9.47 Å². The van der Waals surface area contributed by atoms with Crippen LogP contribution in [-0.4, -0.2) is 30.4 Å². The molecule has 0 saturated carbocycles. The molecule has 1 saturated heterocycles. The lowest BCUT2D eigenvalue weighted by Crippen LogP contribution is -2.19. The molecule has 3 rings (SSSR count). The van der Waals surface area contributed by atoms with Gasteiger partial charge in [0.2, 0.25) is 5.75 Å². The highest BCUT2D eigenvalue weighted by Crippen LogP contribution is 2.38. The molecule has 0 unspecified atom stereocenters. The average Bonchev–Trinajstić information content (AvgIpc) is 2.97. The Labute approximate surface area is 161 Å². The van der Waals surface area contributed by atoms with Crippen molar-refractivity contribution in [2.24, 2.45) is 4.99 Å². The predicted molar refractivity (Wildman–Crippen MR) is 108 cm³/mol. The molecule has 1 fully saturated rings. The van der Waals surface area contributed by atoms with Gasteiger partial charge in [-0.25, -0.2) is 4.99 Å². The van der Waals surface area contributed by atoms with Crippen molar-refractivity contribution in [1.82, 2.24) is 5.32 Å². The van der Waals surface area contributed by atoms with Crippen molar-refractivity contribution < 1.29 is 19.4 Å². The van der Waals surface area contributed by atoms with Crippen molar-refractivity contribution in [3.63, 3.8) is 0 Å². The van der Waals surface area contributed by atoms with Crippen molar-refractivity contribution in [3.8, 4) is 17.2 Å². The summed E-state index contributed by atoms with van der Waals surface area (Å²) in [5.41, 5.74) is 3.70. The van der Waals surface area contributed by atoms with Crippen molar-refractivity contribution in [2.75, 3.05) is 14.2 Å². The van der Waals surface area contributed by atoms with Crippen LogP contribution < -0.4 is 14.8 Å². The number of aryl methyl sites for hydroxylation is 2. The molecule has 0 bridgehead atoms. The number of phenolic OH excluding ortho intramolecular Hbond substituents is 1. The van der Waals surface area contributed by atoms with Crippen LogP contribution in [0.2, 0.25) is 0 Å². The Morgan fingerprint density at radius 2 is 1.78 bits per heavy atom. The molecule has 140 valence electrons. The number of methoxy groups -OCH3 is 2. The molecule has 2 aromatic carbocycles. The van der Waals surface area contributed by atoms with E-state index in [0.29, 0.717) is 15.6 Å². The molecule has 0 aromatic heterocycles. The van der Waals surface area contributed by atoms with Crippen LogP contribution in [0.4, 0.5) is 5.69 Å². The molecule has 0 spiro atoms. The Kier molecular flexibility index (Phi) is 5.41. The van der Waals surface area contributed by atoms with Gasteiger partial charge in [0.25, 0.3) is 5.91 Å². The number of nitrogens with one attached hydrogen (secondary N) is 1.